The molecular weight excluding hydrogens is 232 g/mol. The van der Waals surface area contributed by atoms with E-state index in [0.717, 1.165) is 25.9 Å². The van der Waals surface area contributed by atoms with Crippen LogP contribution in [-0.4, -0.2) is 31.1 Å². The van der Waals surface area contributed by atoms with Gasteiger partial charge in [0.15, 0.2) is 0 Å². The first kappa shape index (κ1) is 16.2. The van der Waals surface area contributed by atoms with E-state index in [4.69, 9.17) is 5.73 Å². The summed E-state index contributed by atoms with van der Waals surface area (Å²) in [6.07, 6.45) is 2.18. The maximum Gasteiger partial charge on any atom is 0.00760 e. The monoisotopic (exact) mass is 262 g/mol. The van der Waals surface area contributed by atoms with E-state index in [0.29, 0.717) is 6.04 Å². The van der Waals surface area contributed by atoms with Crippen molar-refractivity contribution in [2.45, 2.75) is 52.0 Å². The first-order valence-corrected chi connectivity index (χ1v) is 7.34. The molecule has 2 N–H and O–H groups in total. The predicted octanol–water partition coefficient (Wildman–Crippen LogP) is 3.20. The molecule has 0 fully saturated rings. The lowest BCUT2D eigenvalue weighted by atomic mass is 9.86. The van der Waals surface area contributed by atoms with Gasteiger partial charge in [0.05, 0.1) is 0 Å². The van der Waals surface area contributed by atoms with Gasteiger partial charge in [0.1, 0.15) is 0 Å². The highest BCUT2D eigenvalue weighted by Gasteiger charge is 2.13. The van der Waals surface area contributed by atoms with Gasteiger partial charge in [-0.15, -0.1) is 0 Å². The lowest BCUT2D eigenvalue weighted by molar-refractivity contribution is 0.251. The summed E-state index contributed by atoms with van der Waals surface area (Å²) < 4.78 is 0. The standard InChI is InChI=1S/C17H30N2/c1-14(10-12-18)19(5)13-11-15-6-8-16(9-7-15)17(2,3)4/h6-9,14H,10-13,18H2,1-5H3. The fourth-order valence-electron chi connectivity index (χ4n) is 2.16. The van der Waals surface area contributed by atoms with Crippen LogP contribution in [0.4, 0.5) is 0 Å². The Kier molecular flexibility index (Phi) is 6.02. The van der Waals surface area contributed by atoms with Crippen molar-refractivity contribution in [3.05, 3.63) is 35.4 Å². The summed E-state index contributed by atoms with van der Waals surface area (Å²) >= 11 is 0. The number of rotatable bonds is 6. The van der Waals surface area contributed by atoms with Crippen molar-refractivity contribution in [2.75, 3.05) is 20.1 Å². The minimum atomic E-state index is 0.241. The largest absolute Gasteiger partial charge is 0.330 e. The van der Waals surface area contributed by atoms with Gasteiger partial charge in [-0.2, -0.15) is 0 Å². The van der Waals surface area contributed by atoms with Crippen LogP contribution in [0.5, 0.6) is 0 Å². The average molecular weight is 262 g/mol. The summed E-state index contributed by atoms with van der Waals surface area (Å²) in [5.74, 6) is 0. The number of nitrogens with two attached hydrogens (primary N) is 1. The second-order valence-electron chi connectivity index (χ2n) is 6.60. The maximum atomic E-state index is 5.61. The number of hydrogen-bond donors (Lipinski definition) is 1. The third-order valence-corrected chi connectivity index (χ3v) is 3.91. The van der Waals surface area contributed by atoms with Gasteiger partial charge < -0.3 is 10.6 Å². The fourth-order valence-corrected chi connectivity index (χ4v) is 2.16. The van der Waals surface area contributed by atoms with E-state index >= 15 is 0 Å². The zero-order valence-corrected chi connectivity index (χ0v) is 13.2. The zero-order chi connectivity index (χ0) is 14.5. The summed E-state index contributed by atoms with van der Waals surface area (Å²) in [5, 5.41) is 0. The van der Waals surface area contributed by atoms with Crippen LogP contribution in [0.1, 0.15) is 45.2 Å². The van der Waals surface area contributed by atoms with E-state index in [1.54, 1.807) is 0 Å². The van der Waals surface area contributed by atoms with Crippen LogP contribution in [0, 0.1) is 0 Å². The Morgan fingerprint density at radius 1 is 1.16 bits per heavy atom. The van der Waals surface area contributed by atoms with E-state index in [1.165, 1.54) is 11.1 Å². The Bertz CT molecular complexity index is 362. The quantitative estimate of drug-likeness (QED) is 0.853. The SMILES string of the molecule is CC(CCN)N(C)CCc1ccc(C(C)(C)C)cc1. The number of nitrogens with zero attached hydrogens (tertiary/aromatic N) is 1. The molecule has 0 spiro atoms. The van der Waals surface area contributed by atoms with Crippen molar-refractivity contribution >= 4 is 0 Å². The average Bonchev–Trinajstić information content (AvgIpc) is 2.35. The minimum Gasteiger partial charge on any atom is -0.330 e. The lowest BCUT2D eigenvalue weighted by Crippen LogP contribution is -2.32. The van der Waals surface area contributed by atoms with Gasteiger partial charge in [-0.05, 0) is 49.9 Å². The molecule has 1 aromatic carbocycles. The maximum absolute atomic E-state index is 5.61. The Morgan fingerprint density at radius 2 is 1.74 bits per heavy atom. The predicted molar refractivity (Wildman–Crippen MR) is 84.6 cm³/mol. The molecule has 1 aromatic rings. The molecular formula is C17H30N2. The Labute approximate surface area is 119 Å². The molecule has 1 rings (SSSR count). The first-order chi connectivity index (χ1) is 8.84. The van der Waals surface area contributed by atoms with Crippen molar-refractivity contribution in [1.29, 1.82) is 0 Å². The van der Waals surface area contributed by atoms with Crippen molar-refractivity contribution in [3.8, 4) is 0 Å². The van der Waals surface area contributed by atoms with Crippen molar-refractivity contribution in [1.82, 2.24) is 4.90 Å². The van der Waals surface area contributed by atoms with Crippen LogP contribution >= 0.6 is 0 Å². The highest BCUT2D eigenvalue weighted by atomic mass is 15.1. The molecule has 2 nitrogen and oxygen atoms in total. The van der Waals surface area contributed by atoms with Gasteiger partial charge in [-0.1, -0.05) is 45.0 Å². The molecule has 0 amide bonds. The molecule has 19 heavy (non-hydrogen) atoms. The molecule has 0 radical (unpaired) electrons. The summed E-state index contributed by atoms with van der Waals surface area (Å²) in [4.78, 5) is 2.39. The van der Waals surface area contributed by atoms with Gasteiger partial charge in [0, 0.05) is 12.6 Å². The van der Waals surface area contributed by atoms with Crippen LogP contribution in [0.25, 0.3) is 0 Å². The number of benzene rings is 1. The van der Waals surface area contributed by atoms with Crippen molar-refractivity contribution in [2.24, 2.45) is 5.73 Å². The third-order valence-electron chi connectivity index (χ3n) is 3.91. The molecule has 0 aromatic heterocycles. The second kappa shape index (κ2) is 7.06. The van der Waals surface area contributed by atoms with E-state index in [9.17, 15) is 0 Å². The van der Waals surface area contributed by atoms with E-state index in [-0.39, 0.29) is 5.41 Å². The third kappa shape index (κ3) is 5.33. The molecule has 0 aliphatic heterocycles. The molecule has 1 unspecified atom stereocenters. The Hall–Kier alpha value is -0.860. The van der Waals surface area contributed by atoms with Crippen LogP contribution in [-0.2, 0) is 11.8 Å². The number of hydrogen-bond acceptors (Lipinski definition) is 2. The molecule has 0 aliphatic carbocycles. The van der Waals surface area contributed by atoms with Crippen LogP contribution in [0.2, 0.25) is 0 Å². The van der Waals surface area contributed by atoms with Crippen LogP contribution < -0.4 is 5.73 Å². The van der Waals surface area contributed by atoms with Crippen LogP contribution in [0.15, 0.2) is 24.3 Å². The van der Waals surface area contributed by atoms with Gasteiger partial charge in [0.2, 0.25) is 0 Å². The first-order valence-electron chi connectivity index (χ1n) is 7.34. The molecule has 2 heteroatoms. The zero-order valence-electron chi connectivity index (χ0n) is 13.2. The number of likely N-dealkylation sites (N-methyl/N-ethyl adjacent to an activating group) is 1. The van der Waals surface area contributed by atoms with E-state index < -0.39 is 0 Å². The smallest absolute Gasteiger partial charge is 0.00760 e. The van der Waals surface area contributed by atoms with Gasteiger partial charge in [-0.3, -0.25) is 0 Å². The fraction of sp³-hybridized carbons (Fsp3) is 0.647. The summed E-state index contributed by atoms with van der Waals surface area (Å²) in [5.41, 5.74) is 8.67. The summed E-state index contributed by atoms with van der Waals surface area (Å²) in [7, 11) is 2.18. The Morgan fingerprint density at radius 3 is 2.21 bits per heavy atom. The van der Waals surface area contributed by atoms with Gasteiger partial charge >= 0.3 is 0 Å². The minimum absolute atomic E-state index is 0.241. The highest BCUT2D eigenvalue weighted by molar-refractivity contribution is 5.27. The molecule has 0 saturated carbocycles. The van der Waals surface area contributed by atoms with E-state index in [2.05, 4.69) is 63.9 Å². The van der Waals surface area contributed by atoms with Crippen LogP contribution in [0.3, 0.4) is 0 Å². The summed E-state index contributed by atoms with van der Waals surface area (Å²) in [6.45, 7) is 10.9. The lowest BCUT2D eigenvalue weighted by Gasteiger charge is -2.24. The van der Waals surface area contributed by atoms with Gasteiger partial charge in [-0.25, -0.2) is 0 Å². The highest BCUT2D eigenvalue weighted by Crippen LogP contribution is 2.22. The molecule has 0 heterocycles. The molecule has 1 atom stereocenters. The van der Waals surface area contributed by atoms with E-state index in [1.807, 2.05) is 0 Å². The Balaban J connectivity index is 2.50. The molecule has 0 aliphatic rings. The molecule has 0 saturated heterocycles. The van der Waals surface area contributed by atoms with Crippen molar-refractivity contribution < 1.29 is 0 Å². The topological polar surface area (TPSA) is 29.3 Å². The second-order valence-corrected chi connectivity index (χ2v) is 6.60. The molecule has 0 bridgehead atoms. The molecule has 108 valence electrons. The van der Waals surface area contributed by atoms with Gasteiger partial charge in [0.25, 0.3) is 0 Å². The van der Waals surface area contributed by atoms with Crippen molar-refractivity contribution in [3.63, 3.8) is 0 Å². The summed E-state index contributed by atoms with van der Waals surface area (Å²) in [6, 6.07) is 9.63. The normalized spacial score (nSPS) is 13.8.